The van der Waals surface area contributed by atoms with E-state index in [-0.39, 0.29) is 67.2 Å². The number of aryl methyl sites for hydroxylation is 3. The van der Waals surface area contributed by atoms with Gasteiger partial charge in [0.2, 0.25) is 11.7 Å². The van der Waals surface area contributed by atoms with E-state index >= 15 is 0 Å². The van der Waals surface area contributed by atoms with Crippen molar-refractivity contribution in [1.29, 1.82) is 0 Å². The number of rotatable bonds is 13. The van der Waals surface area contributed by atoms with Crippen molar-refractivity contribution in [3.8, 4) is 5.75 Å². The van der Waals surface area contributed by atoms with Crippen molar-refractivity contribution < 1.29 is 33.4 Å². The van der Waals surface area contributed by atoms with Crippen LogP contribution >= 0.6 is 0 Å². The first-order valence-electron chi connectivity index (χ1n) is 18.6. The Morgan fingerprint density at radius 1 is 1.00 bits per heavy atom. The minimum Gasteiger partial charge on any atom is -0.493 e. The maximum absolute atomic E-state index is 13.6. The number of aliphatic imine (C=N–C) groups is 1. The second-order valence-corrected chi connectivity index (χ2v) is 14.5. The first-order chi connectivity index (χ1) is 27.4. The van der Waals surface area contributed by atoms with Crippen LogP contribution in [0.1, 0.15) is 73.0 Å². The van der Waals surface area contributed by atoms with Crippen LogP contribution in [0.5, 0.6) is 5.75 Å². The zero-order valence-electron chi connectivity index (χ0n) is 32.2. The summed E-state index contributed by atoms with van der Waals surface area (Å²) >= 11 is 0. The van der Waals surface area contributed by atoms with Gasteiger partial charge in [0.05, 0.1) is 23.9 Å². The van der Waals surface area contributed by atoms with Crippen molar-refractivity contribution in [2.45, 2.75) is 51.7 Å². The summed E-state index contributed by atoms with van der Waals surface area (Å²) in [5, 5.41) is 5.44. The number of hydrogen-bond acceptors (Lipinski definition) is 9. The number of imidazole rings is 1. The number of carbonyl (C=O) groups is 5. The van der Waals surface area contributed by atoms with Crippen LogP contribution in [0.3, 0.4) is 0 Å². The largest absolute Gasteiger partial charge is 0.493 e. The van der Waals surface area contributed by atoms with E-state index in [1.165, 1.54) is 6.08 Å². The molecule has 1 atom stereocenters. The van der Waals surface area contributed by atoms with Crippen molar-refractivity contribution in [2.75, 3.05) is 30.4 Å². The lowest BCUT2D eigenvalue weighted by Gasteiger charge is -2.20. The highest BCUT2D eigenvalue weighted by atomic mass is 16.5. The second-order valence-electron chi connectivity index (χ2n) is 14.5. The fourth-order valence-corrected chi connectivity index (χ4v) is 7.30. The van der Waals surface area contributed by atoms with Gasteiger partial charge in [0.1, 0.15) is 18.1 Å². The predicted octanol–water partition coefficient (Wildman–Crippen LogP) is 5.67. The average molecular weight is 773 g/mol. The van der Waals surface area contributed by atoms with Gasteiger partial charge < -0.3 is 33.7 Å². The third-order valence-corrected chi connectivity index (χ3v) is 10.1. The fourth-order valence-electron chi connectivity index (χ4n) is 7.30. The van der Waals surface area contributed by atoms with Gasteiger partial charge in [-0.05, 0) is 66.3 Å². The van der Waals surface area contributed by atoms with E-state index in [1.54, 1.807) is 75.9 Å². The van der Waals surface area contributed by atoms with Crippen LogP contribution in [0.4, 0.5) is 22.0 Å². The lowest BCUT2D eigenvalue weighted by atomic mass is 10.1. The van der Waals surface area contributed by atoms with Crippen molar-refractivity contribution in [2.24, 2.45) is 19.1 Å². The number of nitrogens with zero attached hydrogens (tertiary/aromatic N) is 6. The van der Waals surface area contributed by atoms with Crippen LogP contribution in [-0.2, 0) is 43.1 Å². The van der Waals surface area contributed by atoms with Crippen LogP contribution in [0.25, 0.3) is 0 Å². The third kappa shape index (κ3) is 8.42. The fraction of sp³-hybridized carbons (Fsp3) is 0.310. The normalized spacial score (nSPS) is 15.5. The molecular formula is C42H44N8O7. The van der Waals surface area contributed by atoms with Crippen molar-refractivity contribution in [3.05, 3.63) is 113 Å². The molecule has 0 radical (unpaired) electrons. The molecule has 0 unspecified atom stereocenters. The Bertz CT molecular complexity index is 2350. The van der Waals surface area contributed by atoms with Gasteiger partial charge in [0, 0.05) is 76.9 Å². The van der Waals surface area contributed by atoms with Gasteiger partial charge >= 0.3 is 6.09 Å². The molecule has 3 aliphatic rings. The Hall–Kier alpha value is -6.77. The quantitative estimate of drug-likeness (QED) is 0.0996. The predicted molar refractivity (Wildman–Crippen MR) is 213 cm³/mol. The monoisotopic (exact) mass is 772 g/mol. The minimum absolute atomic E-state index is 0.00405. The standard InChI is InChI=1S/C42H44N8O7/c1-6-11-57-42(55)44-30-10-9-28-22-49(23-29(28)17-30)41(54)34-15-27(21-47(34)4)16-35(51)39-46-37(24-48(39)5)45-38(52)8-7-12-56-36-18-33-32(14-26(36)3)40(53)50-20-25(2)13-31(50)19-43-33/h6,9-10,14-15,17-19,21,24,31H,1-2,7-8,11-13,16,20,22-23H2,3-5H3,(H,44,55)(H,45,52)/t31-/m0/s1. The number of benzene rings is 2. The van der Waals surface area contributed by atoms with E-state index in [1.807, 2.05) is 19.1 Å². The van der Waals surface area contributed by atoms with Gasteiger partial charge in [-0.1, -0.05) is 30.9 Å². The number of hydrogen-bond donors (Lipinski definition) is 2. The lowest BCUT2D eigenvalue weighted by molar-refractivity contribution is -0.116. The summed E-state index contributed by atoms with van der Waals surface area (Å²) < 4.78 is 14.2. The molecule has 4 aromatic rings. The number of ether oxygens (including phenoxy) is 2. The summed E-state index contributed by atoms with van der Waals surface area (Å²) in [4.78, 5) is 77.3. The first-order valence-corrected chi connectivity index (χ1v) is 18.6. The molecule has 3 aliphatic heterocycles. The number of aromatic nitrogens is 3. The molecular weight excluding hydrogens is 729 g/mol. The zero-order valence-corrected chi connectivity index (χ0v) is 32.2. The van der Waals surface area contributed by atoms with Crippen LogP contribution < -0.4 is 15.4 Å². The molecule has 0 aliphatic carbocycles. The van der Waals surface area contributed by atoms with Gasteiger partial charge in [-0.3, -0.25) is 29.5 Å². The highest BCUT2D eigenvalue weighted by Crippen LogP contribution is 2.35. The topological polar surface area (TPSA) is 169 Å². The molecule has 0 saturated carbocycles. The van der Waals surface area contributed by atoms with E-state index < -0.39 is 6.09 Å². The third-order valence-electron chi connectivity index (χ3n) is 10.1. The van der Waals surface area contributed by atoms with Gasteiger partial charge in [0.25, 0.3) is 11.8 Å². The maximum Gasteiger partial charge on any atom is 0.411 e. The molecule has 1 saturated heterocycles. The molecule has 0 spiro atoms. The Labute approximate surface area is 329 Å². The Morgan fingerprint density at radius 2 is 1.81 bits per heavy atom. The van der Waals surface area contributed by atoms with E-state index in [0.29, 0.717) is 66.4 Å². The molecule has 15 nitrogen and oxygen atoms in total. The molecule has 2 aromatic carbocycles. The van der Waals surface area contributed by atoms with Crippen LogP contribution in [0.2, 0.25) is 0 Å². The lowest BCUT2D eigenvalue weighted by Crippen LogP contribution is -2.35. The molecule has 294 valence electrons. The van der Waals surface area contributed by atoms with Crippen LogP contribution in [0.15, 0.2) is 78.6 Å². The number of carbonyl (C=O) groups excluding carboxylic acids is 5. The highest BCUT2D eigenvalue weighted by molar-refractivity contribution is 6.03. The number of anilines is 2. The van der Waals surface area contributed by atoms with E-state index in [2.05, 4.69) is 33.8 Å². The Morgan fingerprint density at radius 3 is 2.61 bits per heavy atom. The average Bonchev–Trinajstić information content (AvgIpc) is 3.94. The first kappa shape index (κ1) is 38.5. The number of nitrogens with one attached hydrogen (secondary N) is 2. The van der Waals surface area contributed by atoms with Crippen LogP contribution in [0, 0.1) is 6.92 Å². The second kappa shape index (κ2) is 16.1. The van der Waals surface area contributed by atoms with Gasteiger partial charge in [-0.2, -0.15) is 0 Å². The van der Waals surface area contributed by atoms with Gasteiger partial charge in [-0.25, -0.2) is 9.78 Å². The number of amides is 4. The molecule has 0 bridgehead atoms. The summed E-state index contributed by atoms with van der Waals surface area (Å²) in [6.07, 6.45) is 7.31. The molecule has 4 amide bonds. The highest BCUT2D eigenvalue weighted by Gasteiger charge is 2.34. The number of Topliss-reactive ketones (excluding diaryl/α,β-unsaturated/α-hetero) is 1. The summed E-state index contributed by atoms with van der Waals surface area (Å²) in [6, 6.07) is 10.7. The van der Waals surface area contributed by atoms with Crippen molar-refractivity contribution in [1.82, 2.24) is 23.9 Å². The van der Waals surface area contributed by atoms with Gasteiger partial charge in [-0.15, -0.1) is 0 Å². The Balaban J connectivity index is 0.889. The SMILES string of the molecule is C=CCOC(=O)Nc1ccc2c(c1)CN(C(=O)c1cc(CC(=O)c3nc(NC(=O)CCCOc4cc5c(cc4C)C(=O)N4CC(=C)C[C@H]4C=N5)cn3C)cn1C)C2. The minimum atomic E-state index is -0.589. The molecule has 57 heavy (non-hydrogen) atoms. The zero-order chi connectivity index (χ0) is 40.4. The number of ketones is 1. The smallest absolute Gasteiger partial charge is 0.411 e. The summed E-state index contributed by atoms with van der Waals surface area (Å²) in [7, 11) is 3.44. The molecule has 2 aromatic heterocycles. The van der Waals surface area contributed by atoms with E-state index in [0.717, 1.165) is 22.3 Å². The number of fused-ring (bicyclic) bond motifs is 3. The van der Waals surface area contributed by atoms with Crippen molar-refractivity contribution >= 4 is 53.0 Å². The maximum atomic E-state index is 13.6. The summed E-state index contributed by atoms with van der Waals surface area (Å²) in [5.41, 5.74) is 6.44. The van der Waals surface area contributed by atoms with E-state index in [9.17, 15) is 24.0 Å². The molecule has 15 heteroatoms. The van der Waals surface area contributed by atoms with Crippen molar-refractivity contribution in [3.63, 3.8) is 0 Å². The molecule has 1 fully saturated rings. The molecule has 5 heterocycles. The van der Waals surface area contributed by atoms with Gasteiger partial charge in [0.15, 0.2) is 11.6 Å². The summed E-state index contributed by atoms with van der Waals surface area (Å²) in [5.74, 6) is 0.215. The Kier molecular flexibility index (Phi) is 10.9. The summed E-state index contributed by atoms with van der Waals surface area (Å²) in [6.45, 7) is 11.1. The molecule has 7 rings (SSSR count). The molecule has 2 N–H and O–H groups in total. The van der Waals surface area contributed by atoms with E-state index in [4.69, 9.17) is 9.47 Å². The van der Waals surface area contributed by atoms with Crippen LogP contribution in [-0.4, -0.2) is 85.5 Å².